The predicted molar refractivity (Wildman–Crippen MR) is 244 cm³/mol. The maximum absolute atomic E-state index is 13.4. The van der Waals surface area contributed by atoms with Gasteiger partial charge in [0, 0.05) is 43.0 Å². The minimum atomic E-state index is -2.13. The number of likely N-dealkylation sites (N-methyl/N-ethyl adjacent to an activating group) is 1. The number of rotatable bonds is 20. The van der Waals surface area contributed by atoms with Crippen molar-refractivity contribution in [2.75, 3.05) is 48.1 Å². The van der Waals surface area contributed by atoms with Crippen LogP contribution in [0.2, 0.25) is 0 Å². The normalized spacial score (nSPS) is 18.1. The van der Waals surface area contributed by atoms with Crippen molar-refractivity contribution < 1.29 is 42.6 Å². The molecule has 0 bridgehead atoms. The fraction of sp³-hybridized carbons (Fsp3) is 0.396. The third-order valence-corrected chi connectivity index (χ3v) is 13.3. The first-order chi connectivity index (χ1) is 30.6. The fourth-order valence-corrected chi connectivity index (χ4v) is 9.53. The van der Waals surface area contributed by atoms with Crippen molar-refractivity contribution in [3.05, 3.63) is 158 Å². The smallest absolute Gasteiger partial charge is 0.330 e. The number of aromatic nitrogens is 2. The van der Waals surface area contributed by atoms with E-state index in [2.05, 4.69) is 4.98 Å². The summed E-state index contributed by atoms with van der Waals surface area (Å²) < 4.78 is 46.8. The lowest BCUT2D eigenvalue weighted by Crippen LogP contribution is -2.47. The third-order valence-electron chi connectivity index (χ3n) is 11.2. The van der Waals surface area contributed by atoms with Crippen LogP contribution in [-0.2, 0) is 24.1 Å². The van der Waals surface area contributed by atoms with Crippen LogP contribution in [0.4, 0.5) is 0 Å². The number of hydrogen-bond donors (Lipinski definition) is 2. The molecule has 5 aromatic rings. The van der Waals surface area contributed by atoms with Gasteiger partial charge in [0.25, 0.3) is 20.0 Å². The van der Waals surface area contributed by atoms with Gasteiger partial charge < -0.3 is 38.2 Å². The van der Waals surface area contributed by atoms with Crippen LogP contribution in [0.1, 0.15) is 73.0 Å². The molecule has 2 N–H and O–H groups in total. The summed E-state index contributed by atoms with van der Waals surface area (Å²) in [7, 11) is 4.38. The lowest BCUT2D eigenvalue weighted by atomic mass is 9.80. The summed E-state index contributed by atoms with van der Waals surface area (Å²) in [5, 5.41) is 13.0. The molecule has 1 aliphatic rings. The second kappa shape index (κ2) is 21.1. The summed E-state index contributed by atoms with van der Waals surface area (Å²) >= 11 is 0. The van der Waals surface area contributed by atoms with Gasteiger partial charge in [-0.05, 0) is 99.8 Å². The maximum Gasteiger partial charge on any atom is 0.330 e. The fourth-order valence-electron chi connectivity index (χ4n) is 7.79. The van der Waals surface area contributed by atoms with E-state index in [9.17, 15) is 19.5 Å². The van der Waals surface area contributed by atoms with E-state index >= 15 is 0 Å². The van der Waals surface area contributed by atoms with Gasteiger partial charge in [-0.15, -0.1) is 0 Å². The molecule has 0 radical (unpaired) electrons. The number of nitrogens with one attached hydrogen (secondary N) is 1. The number of benzene rings is 4. The van der Waals surface area contributed by atoms with E-state index in [1.54, 1.807) is 64.5 Å². The molecule has 16 heteroatoms. The average Bonchev–Trinajstić information content (AvgIpc) is 3.62. The third kappa shape index (κ3) is 10.6. The number of carbonyl (C=O) groups excluding carboxylic acids is 1. The highest BCUT2D eigenvalue weighted by Crippen LogP contribution is 2.54. The Bertz CT molecular complexity index is 2360. The zero-order chi connectivity index (χ0) is 46.2. The minimum Gasteiger partial charge on any atom is -0.497 e. The molecule has 1 aliphatic heterocycles. The van der Waals surface area contributed by atoms with Crippen molar-refractivity contribution in [2.45, 2.75) is 76.8 Å². The molecule has 0 spiro atoms. The van der Waals surface area contributed by atoms with Crippen molar-refractivity contribution in [3.8, 4) is 17.2 Å². The number of nitrogens with zero attached hydrogens (tertiary/aromatic N) is 3. The number of methoxy groups -OCH3 is 3. The number of H-pyrrole nitrogens is 1. The number of carbonyl (C=O) groups is 1. The molecular formula is C48H59N4O11P. The monoisotopic (exact) mass is 898 g/mol. The van der Waals surface area contributed by atoms with Crippen LogP contribution in [0.3, 0.4) is 0 Å². The van der Waals surface area contributed by atoms with Gasteiger partial charge in [-0.25, -0.2) is 9.46 Å². The Morgan fingerprint density at radius 2 is 1.36 bits per heavy atom. The number of amides is 1. The van der Waals surface area contributed by atoms with Gasteiger partial charge in [0.1, 0.15) is 35.2 Å². The van der Waals surface area contributed by atoms with Gasteiger partial charge in [-0.3, -0.25) is 23.7 Å². The second-order valence-electron chi connectivity index (χ2n) is 16.1. The maximum atomic E-state index is 13.4. The second-order valence-corrected chi connectivity index (χ2v) is 17.5. The van der Waals surface area contributed by atoms with Crippen molar-refractivity contribution >= 4 is 14.4 Å². The van der Waals surface area contributed by atoms with Crippen molar-refractivity contribution in [1.29, 1.82) is 0 Å². The summed E-state index contributed by atoms with van der Waals surface area (Å²) in [6.45, 7) is 9.59. The average molecular weight is 899 g/mol. The molecule has 0 saturated carbocycles. The molecule has 1 amide bonds. The SMILES string of the molecule is COc1ccc(C(=O)N(C)CCOP(O[C@@]2(O)C[C@H](n3cc(C)c(=O)[nH]c3=O)O[C@@H]2COC(c2ccccc2)(c2ccc(OC)cc2)c2ccc(OC)cc2)N(C(C)C)C(C)C)cc1. The van der Waals surface area contributed by atoms with Crippen LogP contribution in [0.15, 0.2) is 119 Å². The minimum absolute atomic E-state index is 0.0617. The quantitative estimate of drug-likeness (QED) is 0.0468. The molecule has 2 heterocycles. The van der Waals surface area contributed by atoms with E-state index in [-0.39, 0.29) is 49.7 Å². The highest BCUT2D eigenvalue weighted by Gasteiger charge is 2.54. The summed E-state index contributed by atoms with van der Waals surface area (Å²) in [6.07, 6.45) is -1.16. The molecule has 0 aliphatic carbocycles. The Morgan fingerprint density at radius 1 is 0.844 bits per heavy atom. The van der Waals surface area contributed by atoms with Crippen molar-refractivity contribution in [3.63, 3.8) is 0 Å². The first-order valence-corrected chi connectivity index (χ1v) is 22.3. The molecule has 1 saturated heterocycles. The van der Waals surface area contributed by atoms with Gasteiger partial charge in [0.15, 0.2) is 0 Å². The molecule has 15 nitrogen and oxygen atoms in total. The number of aliphatic hydroxyl groups is 1. The van der Waals surface area contributed by atoms with Gasteiger partial charge in [0.2, 0.25) is 5.79 Å². The molecule has 6 rings (SSSR count). The summed E-state index contributed by atoms with van der Waals surface area (Å²) in [5.74, 6) is -0.399. The first-order valence-electron chi connectivity index (χ1n) is 21.1. The van der Waals surface area contributed by atoms with E-state index < -0.39 is 43.5 Å². The topological polar surface area (TPSA) is 163 Å². The standard InChI is InChI=1S/C48H59N4O11P/c1-32(2)52(33(3)4)64(61-28-27-50(6)45(54)35-15-21-39(57-7)22-16-35)63-47(56)29-43(51-30-34(5)44(53)49-46(51)55)62-42(47)31-60-48(36-13-11-10-12-14-36,37-17-23-40(58-8)24-18-37)38-19-25-41(59-9)26-20-38/h10-26,30,32-33,42-43,56H,27-29,31H2,1-9H3,(H,49,53,55)/t42-,43-,47+,64?/m1/s1. The van der Waals surface area contributed by atoms with Gasteiger partial charge in [-0.2, -0.15) is 0 Å². The molecule has 64 heavy (non-hydrogen) atoms. The Morgan fingerprint density at radius 3 is 1.88 bits per heavy atom. The Kier molecular flexibility index (Phi) is 15.8. The van der Waals surface area contributed by atoms with E-state index in [0.717, 1.165) is 16.7 Å². The van der Waals surface area contributed by atoms with Crippen LogP contribution in [0, 0.1) is 6.92 Å². The molecule has 4 atom stereocenters. The summed E-state index contributed by atoms with van der Waals surface area (Å²) in [4.78, 5) is 43.1. The van der Waals surface area contributed by atoms with Crippen LogP contribution >= 0.6 is 8.53 Å². The van der Waals surface area contributed by atoms with E-state index in [4.69, 9.17) is 32.7 Å². The van der Waals surface area contributed by atoms with Crippen LogP contribution in [-0.4, -0.2) is 102 Å². The van der Waals surface area contributed by atoms with Crippen molar-refractivity contribution in [2.24, 2.45) is 0 Å². The highest BCUT2D eigenvalue weighted by atomic mass is 31.2. The number of aromatic amines is 1. The largest absolute Gasteiger partial charge is 0.497 e. The first kappa shape index (κ1) is 48.1. The van der Waals surface area contributed by atoms with Gasteiger partial charge in [-0.1, -0.05) is 54.6 Å². The lowest BCUT2D eigenvalue weighted by molar-refractivity contribution is -0.201. The lowest BCUT2D eigenvalue weighted by Gasteiger charge is -2.41. The Balaban J connectivity index is 1.39. The zero-order valence-corrected chi connectivity index (χ0v) is 38.7. The van der Waals surface area contributed by atoms with E-state index in [0.29, 0.717) is 22.8 Å². The highest BCUT2D eigenvalue weighted by molar-refractivity contribution is 7.44. The zero-order valence-electron chi connectivity index (χ0n) is 37.8. The molecular weight excluding hydrogens is 840 g/mol. The van der Waals surface area contributed by atoms with E-state index in [1.165, 1.54) is 10.8 Å². The summed E-state index contributed by atoms with van der Waals surface area (Å²) in [5.41, 5.74) is 0.505. The van der Waals surface area contributed by atoms with Crippen LogP contribution < -0.4 is 25.5 Å². The molecule has 1 fully saturated rings. The predicted octanol–water partition coefficient (Wildman–Crippen LogP) is 7.01. The Hall–Kier alpha value is -5.38. The molecule has 1 aromatic heterocycles. The van der Waals surface area contributed by atoms with Crippen LogP contribution in [0.5, 0.6) is 17.2 Å². The summed E-state index contributed by atoms with van der Waals surface area (Å²) in [6, 6.07) is 31.4. The number of hydrogen-bond acceptors (Lipinski definition) is 12. The molecule has 4 aromatic carbocycles. The van der Waals surface area contributed by atoms with Gasteiger partial charge in [0.05, 0.1) is 41.0 Å². The van der Waals surface area contributed by atoms with Crippen LogP contribution in [0.25, 0.3) is 0 Å². The van der Waals surface area contributed by atoms with E-state index in [1.807, 2.05) is 111 Å². The molecule has 342 valence electrons. The van der Waals surface area contributed by atoms with Gasteiger partial charge >= 0.3 is 5.69 Å². The molecule has 1 unspecified atom stereocenters. The number of ether oxygens (including phenoxy) is 5. The Labute approximate surface area is 375 Å². The number of aryl methyl sites for hydroxylation is 1. The van der Waals surface area contributed by atoms with Crippen molar-refractivity contribution in [1.82, 2.24) is 19.1 Å².